The normalized spacial score (nSPS) is 11.8. The van der Waals surface area contributed by atoms with Crippen molar-refractivity contribution in [1.82, 2.24) is 9.62 Å². The fraction of sp³-hybridized carbons (Fsp3) is 0.615. The molecule has 0 radical (unpaired) electrons. The molecule has 1 amide bonds. The van der Waals surface area contributed by atoms with Gasteiger partial charge in [-0.25, -0.2) is 8.42 Å². The molecule has 0 bridgehead atoms. The first-order valence-corrected chi connectivity index (χ1v) is 9.27. The van der Waals surface area contributed by atoms with Crippen LogP contribution in [0.2, 0.25) is 0 Å². The van der Waals surface area contributed by atoms with Crippen molar-refractivity contribution in [2.75, 3.05) is 26.2 Å². The highest BCUT2D eigenvalue weighted by atomic mass is 32.2. The average Bonchev–Trinajstić information content (AvgIpc) is 2.89. The molecule has 1 aromatic rings. The molecule has 0 fully saturated rings. The van der Waals surface area contributed by atoms with Crippen molar-refractivity contribution < 1.29 is 13.2 Å². The Morgan fingerprint density at radius 1 is 1.33 bits per heavy atom. The first-order valence-electron chi connectivity index (χ1n) is 7.01. The van der Waals surface area contributed by atoms with Crippen molar-refractivity contribution >= 4 is 27.3 Å². The number of nitrogens with two attached hydrogens (primary N) is 1. The third-order valence-corrected chi connectivity index (χ3v) is 6.66. The summed E-state index contributed by atoms with van der Waals surface area (Å²) < 4.78 is 26.4. The lowest BCUT2D eigenvalue weighted by Gasteiger charge is -2.16. The molecule has 8 heteroatoms. The highest BCUT2D eigenvalue weighted by molar-refractivity contribution is 7.91. The Morgan fingerprint density at radius 3 is 2.57 bits per heavy atom. The predicted molar refractivity (Wildman–Crippen MR) is 84.8 cm³/mol. The van der Waals surface area contributed by atoms with Gasteiger partial charge in [0.15, 0.2) is 0 Å². The molecular formula is C13H23N3O3S2. The van der Waals surface area contributed by atoms with Gasteiger partial charge in [-0.1, -0.05) is 13.8 Å². The van der Waals surface area contributed by atoms with Crippen LogP contribution < -0.4 is 11.1 Å². The molecule has 0 spiro atoms. The van der Waals surface area contributed by atoms with Crippen molar-refractivity contribution in [2.45, 2.75) is 30.9 Å². The number of sulfonamides is 1. The molecule has 1 heterocycles. The van der Waals surface area contributed by atoms with E-state index in [1.165, 1.54) is 15.6 Å². The minimum absolute atomic E-state index is 0.0787. The number of rotatable bonds is 9. The van der Waals surface area contributed by atoms with Crippen LogP contribution in [-0.4, -0.2) is 44.8 Å². The Morgan fingerprint density at radius 2 is 2.00 bits per heavy atom. The van der Waals surface area contributed by atoms with E-state index in [9.17, 15) is 13.2 Å². The number of nitrogens with one attached hydrogen (secondary N) is 1. The summed E-state index contributed by atoms with van der Waals surface area (Å²) in [5.74, 6) is -0.0787. The SMILES string of the molecule is CCN(CC)S(=O)(=O)c1ccc(CCNC(=O)CCN)s1. The van der Waals surface area contributed by atoms with Gasteiger partial charge in [0.2, 0.25) is 5.91 Å². The quantitative estimate of drug-likeness (QED) is 0.699. The largest absolute Gasteiger partial charge is 0.356 e. The van der Waals surface area contributed by atoms with Crippen LogP contribution in [0.25, 0.3) is 0 Å². The summed E-state index contributed by atoms with van der Waals surface area (Å²) in [4.78, 5) is 12.2. The van der Waals surface area contributed by atoms with E-state index in [4.69, 9.17) is 5.73 Å². The van der Waals surface area contributed by atoms with Crippen LogP contribution in [0.5, 0.6) is 0 Å². The molecule has 0 aromatic carbocycles. The lowest BCUT2D eigenvalue weighted by Crippen LogP contribution is -2.30. The number of amides is 1. The molecule has 0 atom stereocenters. The van der Waals surface area contributed by atoms with Crippen LogP contribution >= 0.6 is 11.3 Å². The standard InChI is InChI=1S/C13H23N3O3S2/c1-3-16(4-2)21(18,19)13-6-5-11(20-13)8-10-15-12(17)7-9-14/h5-6H,3-4,7-10,14H2,1-2H3,(H,15,17). The van der Waals surface area contributed by atoms with Gasteiger partial charge in [-0.2, -0.15) is 4.31 Å². The zero-order valence-electron chi connectivity index (χ0n) is 12.5. The van der Waals surface area contributed by atoms with E-state index in [1.54, 1.807) is 12.1 Å². The Labute approximate surface area is 130 Å². The second-order valence-corrected chi connectivity index (χ2v) is 7.78. The summed E-state index contributed by atoms with van der Waals surface area (Å²) in [6, 6.07) is 3.44. The van der Waals surface area contributed by atoms with E-state index in [-0.39, 0.29) is 5.91 Å². The van der Waals surface area contributed by atoms with E-state index in [1.807, 2.05) is 13.8 Å². The van der Waals surface area contributed by atoms with Crippen LogP contribution in [-0.2, 0) is 21.2 Å². The molecule has 1 aromatic heterocycles. The van der Waals surface area contributed by atoms with Crippen molar-refractivity contribution in [3.8, 4) is 0 Å². The summed E-state index contributed by atoms with van der Waals surface area (Å²) in [6.07, 6.45) is 0.931. The number of hydrogen-bond donors (Lipinski definition) is 2. The topological polar surface area (TPSA) is 92.5 Å². The lowest BCUT2D eigenvalue weighted by molar-refractivity contribution is -0.120. The van der Waals surface area contributed by atoms with Gasteiger partial charge in [-0.3, -0.25) is 4.79 Å². The monoisotopic (exact) mass is 333 g/mol. The van der Waals surface area contributed by atoms with Gasteiger partial charge in [-0.15, -0.1) is 11.3 Å². The fourth-order valence-electron chi connectivity index (χ4n) is 1.87. The third kappa shape index (κ3) is 5.06. The van der Waals surface area contributed by atoms with Crippen molar-refractivity contribution in [1.29, 1.82) is 0 Å². The Hall–Kier alpha value is -0.960. The molecule has 0 aliphatic carbocycles. The molecule has 120 valence electrons. The maximum absolute atomic E-state index is 12.3. The number of carbonyl (C=O) groups is 1. The number of hydrogen-bond acceptors (Lipinski definition) is 5. The highest BCUT2D eigenvalue weighted by Gasteiger charge is 2.23. The van der Waals surface area contributed by atoms with Gasteiger partial charge in [0.1, 0.15) is 4.21 Å². The molecule has 21 heavy (non-hydrogen) atoms. The Kier molecular flexibility index (Phi) is 7.30. The van der Waals surface area contributed by atoms with Crippen molar-refractivity contribution in [2.24, 2.45) is 5.73 Å². The Balaban J connectivity index is 2.63. The molecule has 0 aliphatic rings. The Bertz CT molecular complexity index is 551. The van der Waals surface area contributed by atoms with Gasteiger partial charge in [-0.05, 0) is 18.6 Å². The van der Waals surface area contributed by atoms with E-state index in [0.717, 1.165) is 4.88 Å². The van der Waals surface area contributed by atoms with Gasteiger partial charge in [0.25, 0.3) is 10.0 Å². The zero-order chi connectivity index (χ0) is 15.9. The smallest absolute Gasteiger partial charge is 0.252 e. The fourth-order valence-corrected chi connectivity index (χ4v) is 4.83. The van der Waals surface area contributed by atoms with Crippen LogP contribution in [0.3, 0.4) is 0 Å². The molecule has 3 N–H and O–H groups in total. The van der Waals surface area contributed by atoms with Gasteiger partial charge in [0.05, 0.1) is 0 Å². The zero-order valence-corrected chi connectivity index (χ0v) is 14.1. The van der Waals surface area contributed by atoms with E-state index < -0.39 is 10.0 Å². The van der Waals surface area contributed by atoms with Gasteiger partial charge in [0, 0.05) is 37.5 Å². The highest BCUT2D eigenvalue weighted by Crippen LogP contribution is 2.25. The molecule has 0 aliphatic heterocycles. The number of thiophene rings is 1. The minimum atomic E-state index is -3.38. The third-order valence-electron chi connectivity index (χ3n) is 3.00. The number of nitrogens with zero attached hydrogens (tertiary/aromatic N) is 1. The van der Waals surface area contributed by atoms with Crippen LogP contribution in [0, 0.1) is 0 Å². The van der Waals surface area contributed by atoms with Crippen LogP contribution in [0.15, 0.2) is 16.3 Å². The van der Waals surface area contributed by atoms with Crippen molar-refractivity contribution in [3.63, 3.8) is 0 Å². The first kappa shape index (κ1) is 18.1. The van der Waals surface area contributed by atoms with E-state index in [0.29, 0.717) is 43.2 Å². The maximum atomic E-state index is 12.3. The molecule has 1 rings (SSSR count). The summed E-state index contributed by atoms with van der Waals surface area (Å²) >= 11 is 1.26. The molecule has 0 unspecified atom stereocenters. The lowest BCUT2D eigenvalue weighted by atomic mass is 10.3. The van der Waals surface area contributed by atoms with E-state index in [2.05, 4.69) is 5.32 Å². The van der Waals surface area contributed by atoms with Crippen LogP contribution in [0.1, 0.15) is 25.1 Å². The molecular weight excluding hydrogens is 310 g/mol. The summed E-state index contributed by atoms with van der Waals surface area (Å²) in [5, 5.41) is 2.75. The summed E-state index contributed by atoms with van der Waals surface area (Å²) in [7, 11) is -3.38. The molecule has 0 saturated heterocycles. The summed E-state index contributed by atoms with van der Waals surface area (Å²) in [5.41, 5.74) is 5.29. The average molecular weight is 333 g/mol. The minimum Gasteiger partial charge on any atom is -0.356 e. The first-order chi connectivity index (χ1) is 9.95. The number of carbonyl (C=O) groups excluding carboxylic acids is 1. The predicted octanol–water partition coefficient (Wildman–Crippen LogP) is 0.786. The maximum Gasteiger partial charge on any atom is 0.252 e. The second kappa shape index (κ2) is 8.47. The molecule has 6 nitrogen and oxygen atoms in total. The van der Waals surface area contributed by atoms with Gasteiger partial charge >= 0.3 is 0 Å². The van der Waals surface area contributed by atoms with Gasteiger partial charge < -0.3 is 11.1 Å². The second-order valence-electron chi connectivity index (χ2n) is 4.45. The van der Waals surface area contributed by atoms with Crippen LogP contribution in [0.4, 0.5) is 0 Å². The molecule has 0 saturated carbocycles. The summed E-state index contributed by atoms with van der Waals surface area (Å²) in [6.45, 7) is 5.38. The van der Waals surface area contributed by atoms with E-state index >= 15 is 0 Å². The van der Waals surface area contributed by atoms with Crippen molar-refractivity contribution in [3.05, 3.63) is 17.0 Å².